The summed E-state index contributed by atoms with van der Waals surface area (Å²) < 4.78 is 4.97. The number of amides is 4. The smallest absolute Gasteiger partial charge is 0.330 e. The summed E-state index contributed by atoms with van der Waals surface area (Å²) in [5.41, 5.74) is 2.83. The van der Waals surface area contributed by atoms with Gasteiger partial charge in [0.1, 0.15) is 12.1 Å². The second-order valence-corrected chi connectivity index (χ2v) is 10.2. The normalized spacial score (nSPS) is 18.2. The van der Waals surface area contributed by atoms with Gasteiger partial charge in [0.25, 0.3) is 0 Å². The van der Waals surface area contributed by atoms with E-state index in [4.69, 9.17) is 21.2 Å². The van der Waals surface area contributed by atoms with E-state index < -0.39 is 36.0 Å². The van der Waals surface area contributed by atoms with E-state index in [2.05, 4.69) is 26.7 Å². The van der Waals surface area contributed by atoms with Crippen LogP contribution in [0.3, 0.4) is 0 Å². The van der Waals surface area contributed by atoms with E-state index >= 15 is 0 Å². The number of alkyl halides is 1. The first-order chi connectivity index (χ1) is 17.6. The molecular formula is C25H44ClN5O6. The van der Waals surface area contributed by atoms with Gasteiger partial charge in [0.15, 0.2) is 0 Å². The number of hydroxylamine groups is 1. The van der Waals surface area contributed by atoms with Crippen LogP contribution in [0.4, 0.5) is 4.79 Å². The molecule has 0 bridgehead atoms. The number of ether oxygens (including phenoxy) is 1. The van der Waals surface area contributed by atoms with E-state index in [0.29, 0.717) is 26.0 Å². The molecule has 1 fully saturated rings. The minimum absolute atomic E-state index is 0.111. The number of urea groups is 1. The predicted octanol–water partition coefficient (Wildman–Crippen LogP) is 1.62. The van der Waals surface area contributed by atoms with Crippen LogP contribution in [0, 0.1) is 17.8 Å². The topological polar surface area (TPSA) is 147 Å². The summed E-state index contributed by atoms with van der Waals surface area (Å²) in [5, 5.41) is 11.0. The Morgan fingerprint density at radius 2 is 1.84 bits per heavy atom. The molecule has 4 atom stereocenters. The van der Waals surface area contributed by atoms with E-state index in [0.717, 1.165) is 6.42 Å². The zero-order valence-electron chi connectivity index (χ0n) is 22.6. The highest BCUT2D eigenvalue weighted by Gasteiger charge is 2.30. The maximum atomic E-state index is 13.4. The van der Waals surface area contributed by atoms with Crippen molar-refractivity contribution in [3.05, 3.63) is 12.2 Å². The van der Waals surface area contributed by atoms with E-state index in [9.17, 15) is 19.2 Å². The third kappa shape index (κ3) is 13.7. The summed E-state index contributed by atoms with van der Waals surface area (Å²) in [5.74, 6) is -1.000. The summed E-state index contributed by atoms with van der Waals surface area (Å²) in [6.07, 6.45) is 4.74. The van der Waals surface area contributed by atoms with E-state index in [1.54, 1.807) is 26.8 Å². The molecule has 0 saturated carbocycles. The third-order valence-corrected chi connectivity index (χ3v) is 5.89. The van der Waals surface area contributed by atoms with Gasteiger partial charge < -0.3 is 30.8 Å². The quantitative estimate of drug-likeness (QED) is 0.119. The second kappa shape index (κ2) is 18.0. The van der Waals surface area contributed by atoms with Crippen LogP contribution in [0.2, 0.25) is 0 Å². The predicted molar refractivity (Wildman–Crippen MR) is 142 cm³/mol. The minimum atomic E-state index is -0.843. The lowest BCUT2D eigenvalue weighted by atomic mass is 9.95. The average Bonchev–Trinajstić information content (AvgIpc) is 2.84. The van der Waals surface area contributed by atoms with Crippen molar-refractivity contribution in [3.8, 4) is 0 Å². The molecule has 212 valence electrons. The maximum Gasteiger partial charge on any atom is 0.330 e. The van der Waals surface area contributed by atoms with Gasteiger partial charge in [-0.2, -0.15) is 0 Å². The van der Waals surface area contributed by atoms with Gasteiger partial charge in [-0.3, -0.25) is 9.59 Å². The monoisotopic (exact) mass is 545 g/mol. The molecule has 0 aromatic heterocycles. The highest BCUT2D eigenvalue weighted by Crippen LogP contribution is 2.16. The Morgan fingerprint density at radius 1 is 1.11 bits per heavy atom. The molecule has 1 aliphatic rings. The van der Waals surface area contributed by atoms with Crippen LogP contribution in [-0.2, 0) is 24.0 Å². The van der Waals surface area contributed by atoms with Crippen LogP contribution in [0.15, 0.2) is 12.2 Å². The summed E-state index contributed by atoms with van der Waals surface area (Å²) in [6.45, 7) is 10.9. The van der Waals surface area contributed by atoms with Crippen molar-refractivity contribution in [1.82, 2.24) is 26.7 Å². The van der Waals surface area contributed by atoms with Crippen molar-refractivity contribution in [3.63, 3.8) is 0 Å². The van der Waals surface area contributed by atoms with Crippen LogP contribution in [-0.4, -0.2) is 74.1 Å². The summed E-state index contributed by atoms with van der Waals surface area (Å²) in [4.78, 5) is 55.8. The molecule has 0 aromatic carbocycles. The van der Waals surface area contributed by atoms with Gasteiger partial charge >= 0.3 is 12.0 Å². The lowest BCUT2D eigenvalue weighted by molar-refractivity contribution is -0.137. The second-order valence-electron chi connectivity index (χ2n) is 9.82. The van der Waals surface area contributed by atoms with E-state index in [-0.39, 0.29) is 42.7 Å². The van der Waals surface area contributed by atoms with Crippen molar-refractivity contribution in [1.29, 1.82) is 0 Å². The molecule has 5 N–H and O–H groups in total. The van der Waals surface area contributed by atoms with E-state index in [1.807, 2.05) is 13.8 Å². The van der Waals surface area contributed by atoms with Gasteiger partial charge in [0.05, 0.1) is 13.2 Å². The van der Waals surface area contributed by atoms with E-state index in [1.165, 1.54) is 6.08 Å². The van der Waals surface area contributed by atoms with Crippen LogP contribution in [0.5, 0.6) is 0 Å². The zero-order valence-corrected chi connectivity index (χ0v) is 23.4. The number of rotatable bonds is 15. The van der Waals surface area contributed by atoms with Gasteiger partial charge in [-0.15, -0.1) is 11.6 Å². The van der Waals surface area contributed by atoms with Crippen LogP contribution < -0.4 is 26.7 Å². The SMILES string of the molecule is CCOC(=O)/C=C/[C@H](C[C@@H]1CCNOC1)NC(=O)[C@H](CC(C)C)NC(=O)[C@@H](NC(=O)NCCCl)C(C)C. The molecule has 0 aromatic rings. The van der Waals surface area contributed by atoms with Crippen molar-refractivity contribution in [2.24, 2.45) is 17.8 Å². The first-order valence-corrected chi connectivity index (χ1v) is 13.5. The molecule has 1 saturated heterocycles. The molecule has 11 nitrogen and oxygen atoms in total. The Bertz CT molecular complexity index is 758. The minimum Gasteiger partial charge on any atom is -0.463 e. The van der Waals surface area contributed by atoms with Crippen LogP contribution >= 0.6 is 11.6 Å². The standard InChI is InChI=1S/C25H44ClN5O6/c1-6-36-21(32)8-7-19(14-18-9-11-28-37-15-18)29-23(33)20(13-16(2)3)30-24(34)22(17(4)5)31-25(35)27-12-10-26/h7-8,16-20,22,28H,6,9-15H2,1-5H3,(H,29,33)(H,30,34)(H2,27,31,35)/b8-7+/t18-,19+,20-,22-/m0/s1. The Kier molecular flexibility index (Phi) is 15.9. The van der Waals surface area contributed by atoms with Gasteiger partial charge in [0, 0.05) is 31.1 Å². The van der Waals surface area contributed by atoms with Crippen molar-refractivity contribution in [2.75, 3.05) is 32.2 Å². The van der Waals surface area contributed by atoms with Gasteiger partial charge in [-0.25, -0.2) is 15.1 Å². The van der Waals surface area contributed by atoms with Gasteiger partial charge in [0.2, 0.25) is 11.8 Å². The Labute approximate surface area is 225 Å². The molecule has 4 amide bonds. The first kappa shape index (κ1) is 32.7. The fraction of sp³-hybridized carbons (Fsp3) is 0.760. The lowest BCUT2D eigenvalue weighted by Gasteiger charge is -2.29. The molecule has 1 aliphatic heterocycles. The largest absolute Gasteiger partial charge is 0.463 e. The number of nitrogens with one attached hydrogen (secondary N) is 5. The number of carbonyl (C=O) groups excluding carboxylic acids is 4. The highest BCUT2D eigenvalue weighted by atomic mass is 35.5. The highest BCUT2D eigenvalue weighted by molar-refractivity contribution is 6.18. The molecule has 12 heteroatoms. The summed E-state index contributed by atoms with van der Waals surface area (Å²) >= 11 is 5.61. The zero-order chi connectivity index (χ0) is 27.8. The molecule has 37 heavy (non-hydrogen) atoms. The van der Waals surface area contributed by atoms with Gasteiger partial charge in [-0.1, -0.05) is 33.8 Å². The fourth-order valence-corrected chi connectivity index (χ4v) is 3.94. The van der Waals surface area contributed by atoms with Crippen LogP contribution in [0.1, 0.15) is 53.9 Å². The Morgan fingerprint density at radius 3 is 2.41 bits per heavy atom. The third-order valence-electron chi connectivity index (χ3n) is 5.70. The fourth-order valence-electron chi connectivity index (χ4n) is 3.85. The molecule has 0 unspecified atom stereocenters. The molecule has 1 heterocycles. The van der Waals surface area contributed by atoms with Gasteiger partial charge in [-0.05, 0) is 43.9 Å². The molecule has 0 aliphatic carbocycles. The molecule has 0 radical (unpaired) electrons. The first-order valence-electron chi connectivity index (χ1n) is 13.0. The van der Waals surface area contributed by atoms with Crippen molar-refractivity contribution >= 4 is 35.4 Å². The van der Waals surface area contributed by atoms with Crippen LogP contribution in [0.25, 0.3) is 0 Å². The number of esters is 1. The lowest BCUT2D eigenvalue weighted by Crippen LogP contribution is -2.57. The number of hydrogen-bond acceptors (Lipinski definition) is 7. The summed E-state index contributed by atoms with van der Waals surface area (Å²) in [7, 11) is 0. The Hall–Kier alpha value is -2.37. The molecule has 1 rings (SSSR count). The molecule has 0 spiro atoms. The number of halogens is 1. The number of carbonyl (C=O) groups is 4. The average molecular weight is 546 g/mol. The number of hydrogen-bond donors (Lipinski definition) is 5. The molecular weight excluding hydrogens is 502 g/mol. The van der Waals surface area contributed by atoms with Crippen molar-refractivity contribution in [2.45, 2.75) is 72.0 Å². The Balaban J connectivity index is 2.98. The maximum absolute atomic E-state index is 13.4. The summed E-state index contributed by atoms with van der Waals surface area (Å²) in [6, 6.07) is -2.64. The van der Waals surface area contributed by atoms with Crippen molar-refractivity contribution < 1.29 is 28.8 Å².